The van der Waals surface area contributed by atoms with Crippen LogP contribution in [0.5, 0.6) is 0 Å². The van der Waals surface area contributed by atoms with Gasteiger partial charge in [-0.15, -0.1) is 0 Å². The molecule has 5 heteroatoms. The average molecular weight is 457 g/mol. The first-order valence-electron chi connectivity index (χ1n) is 11.0. The van der Waals surface area contributed by atoms with Gasteiger partial charge in [-0.25, -0.2) is 0 Å². The zero-order valence-corrected chi connectivity index (χ0v) is 19.1. The molecule has 0 N–H and O–H groups in total. The van der Waals surface area contributed by atoms with Crippen LogP contribution in [0.1, 0.15) is 0 Å². The smallest absolute Gasteiger partial charge is 0.113 e. The van der Waals surface area contributed by atoms with Gasteiger partial charge in [0.1, 0.15) is 11.0 Å². The molecular formula is C29H20N4S. The fourth-order valence-electron chi connectivity index (χ4n) is 4.26. The van der Waals surface area contributed by atoms with Gasteiger partial charge in [-0.2, -0.15) is 8.75 Å². The molecule has 0 atom stereocenters. The van der Waals surface area contributed by atoms with Crippen molar-refractivity contribution in [2.45, 2.75) is 0 Å². The van der Waals surface area contributed by atoms with Crippen LogP contribution in [0.25, 0.3) is 33.3 Å². The van der Waals surface area contributed by atoms with E-state index in [1.165, 1.54) is 11.7 Å². The molecule has 4 nitrogen and oxygen atoms in total. The molecule has 0 spiro atoms. The van der Waals surface area contributed by atoms with Crippen LogP contribution in [-0.2, 0) is 0 Å². The lowest BCUT2D eigenvalue weighted by Gasteiger charge is -2.25. The van der Waals surface area contributed by atoms with E-state index in [1.54, 1.807) is 12.4 Å². The highest BCUT2D eigenvalue weighted by Gasteiger charge is 2.15. The van der Waals surface area contributed by atoms with E-state index < -0.39 is 0 Å². The van der Waals surface area contributed by atoms with Gasteiger partial charge in [0.2, 0.25) is 0 Å². The maximum Gasteiger partial charge on any atom is 0.113 e. The molecule has 0 saturated heterocycles. The molecule has 6 aromatic rings. The highest BCUT2D eigenvalue weighted by Crippen LogP contribution is 2.37. The predicted octanol–water partition coefficient (Wildman–Crippen LogP) is 7.89. The quantitative estimate of drug-likeness (QED) is 0.264. The maximum absolute atomic E-state index is 4.64. The van der Waals surface area contributed by atoms with Gasteiger partial charge in [0, 0.05) is 40.6 Å². The summed E-state index contributed by atoms with van der Waals surface area (Å²) in [4.78, 5) is 6.39. The van der Waals surface area contributed by atoms with E-state index in [9.17, 15) is 0 Å². The number of benzene rings is 4. The molecule has 0 unspecified atom stereocenters. The van der Waals surface area contributed by atoms with Crippen molar-refractivity contribution >= 4 is 39.8 Å². The van der Waals surface area contributed by atoms with Crippen molar-refractivity contribution in [2.75, 3.05) is 4.90 Å². The molecule has 4 aromatic carbocycles. The largest absolute Gasteiger partial charge is 0.311 e. The van der Waals surface area contributed by atoms with Gasteiger partial charge in [0.25, 0.3) is 0 Å². The second-order valence-electron chi connectivity index (χ2n) is 7.91. The Morgan fingerprint density at radius 3 is 1.47 bits per heavy atom. The Kier molecular flexibility index (Phi) is 5.30. The zero-order valence-electron chi connectivity index (χ0n) is 18.2. The van der Waals surface area contributed by atoms with Crippen LogP contribution in [0, 0.1) is 0 Å². The van der Waals surface area contributed by atoms with Gasteiger partial charge in [0.05, 0.1) is 11.7 Å². The summed E-state index contributed by atoms with van der Waals surface area (Å²) >= 11 is 1.25. The summed E-state index contributed by atoms with van der Waals surface area (Å²) in [5, 5.41) is 0. The zero-order chi connectivity index (χ0) is 22.7. The number of anilines is 3. The average Bonchev–Trinajstić information content (AvgIpc) is 3.41. The van der Waals surface area contributed by atoms with Crippen molar-refractivity contribution in [1.29, 1.82) is 0 Å². The predicted molar refractivity (Wildman–Crippen MR) is 141 cm³/mol. The minimum absolute atomic E-state index is 0.924. The van der Waals surface area contributed by atoms with E-state index in [-0.39, 0.29) is 0 Å². The van der Waals surface area contributed by atoms with Crippen LogP contribution in [-0.4, -0.2) is 13.7 Å². The summed E-state index contributed by atoms with van der Waals surface area (Å²) in [5.74, 6) is 0. The Hall–Kier alpha value is -4.35. The third kappa shape index (κ3) is 3.72. The molecule has 6 rings (SSSR count). The van der Waals surface area contributed by atoms with E-state index in [4.69, 9.17) is 0 Å². The Labute approximate surface area is 202 Å². The highest BCUT2D eigenvalue weighted by molar-refractivity contribution is 7.00. The van der Waals surface area contributed by atoms with E-state index >= 15 is 0 Å². The minimum atomic E-state index is 0.924. The molecule has 0 radical (unpaired) electrons. The van der Waals surface area contributed by atoms with Crippen molar-refractivity contribution in [3.63, 3.8) is 0 Å². The fraction of sp³-hybridized carbons (Fsp3) is 0. The molecule has 34 heavy (non-hydrogen) atoms. The van der Waals surface area contributed by atoms with E-state index in [1.807, 2.05) is 24.3 Å². The molecule has 0 bridgehead atoms. The third-order valence-electron chi connectivity index (χ3n) is 5.87. The van der Waals surface area contributed by atoms with Gasteiger partial charge in [-0.1, -0.05) is 60.7 Å². The van der Waals surface area contributed by atoms with Crippen molar-refractivity contribution in [3.8, 4) is 22.3 Å². The Bertz CT molecular complexity index is 1490. The van der Waals surface area contributed by atoms with Gasteiger partial charge < -0.3 is 4.90 Å². The van der Waals surface area contributed by atoms with Crippen molar-refractivity contribution in [1.82, 2.24) is 13.7 Å². The lowest BCUT2D eigenvalue weighted by Crippen LogP contribution is -2.09. The molecule has 0 aliphatic heterocycles. The summed E-state index contributed by atoms with van der Waals surface area (Å²) in [7, 11) is 0. The van der Waals surface area contributed by atoms with E-state index in [0.717, 1.165) is 50.3 Å². The Balaban J connectivity index is 1.41. The molecule has 0 aliphatic rings. The van der Waals surface area contributed by atoms with Crippen molar-refractivity contribution in [2.24, 2.45) is 0 Å². The number of aromatic nitrogens is 3. The number of nitrogens with zero attached hydrogens (tertiary/aromatic N) is 4. The second kappa shape index (κ2) is 8.89. The summed E-state index contributed by atoms with van der Waals surface area (Å²) in [6, 6.07) is 37.8. The van der Waals surface area contributed by atoms with Crippen LogP contribution in [0.4, 0.5) is 17.1 Å². The first-order chi connectivity index (χ1) is 16.9. The number of hydrogen-bond donors (Lipinski definition) is 0. The lowest BCUT2D eigenvalue weighted by atomic mass is 9.98. The summed E-state index contributed by atoms with van der Waals surface area (Å²) in [6.07, 6.45) is 3.61. The SMILES string of the molecule is c1ccc(N(c2ccccc2)c2ccc(-c3ccc(-c4ccncc4)c4nsnc34)cc2)cc1. The van der Waals surface area contributed by atoms with Crippen LogP contribution in [0.2, 0.25) is 0 Å². The van der Waals surface area contributed by atoms with Crippen molar-refractivity contribution < 1.29 is 0 Å². The number of rotatable bonds is 5. The normalized spacial score (nSPS) is 10.9. The first-order valence-corrected chi connectivity index (χ1v) is 11.8. The topological polar surface area (TPSA) is 41.9 Å². The Morgan fingerprint density at radius 2 is 0.941 bits per heavy atom. The number of hydrogen-bond acceptors (Lipinski definition) is 5. The van der Waals surface area contributed by atoms with E-state index in [0.29, 0.717) is 0 Å². The molecule has 2 heterocycles. The van der Waals surface area contributed by atoms with Gasteiger partial charge in [-0.05, 0) is 59.7 Å². The monoisotopic (exact) mass is 456 g/mol. The second-order valence-corrected chi connectivity index (χ2v) is 8.44. The van der Waals surface area contributed by atoms with E-state index in [2.05, 4.69) is 104 Å². The number of pyridine rings is 1. The first kappa shape index (κ1) is 20.3. The lowest BCUT2D eigenvalue weighted by molar-refractivity contribution is 1.28. The highest BCUT2D eigenvalue weighted by atomic mass is 32.1. The summed E-state index contributed by atoms with van der Waals surface area (Å²) < 4.78 is 9.25. The molecule has 0 saturated carbocycles. The number of para-hydroxylation sites is 2. The molecule has 2 aromatic heterocycles. The summed E-state index contributed by atoms with van der Waals surface area (Å²) in [6.45, 7) is 0. The molecule has 162 valence electrons. The van der Waals surface area contributed by atoms with Crippen LogP contribution >= 0.6 is 11.7 Å². The van der Waals surface area contributed by atoms with Crippen LogP contribution in [0.15, 0.2) is 122 Å². The van der Waals surface area contributed by atoms with Gasteiger partial charge >= 0.3 is 0 Å². The molecule has 0 aliphatic carbocycles. The van der Waals surface area contributed by atoms with Crippen molar-refractivity contribution in [3.05, 3.63) is 122 Å². The molecular weight excluding hydrogens is 436 g/mol. The minimum Gasteiger partial charge on any atom is -0.311 e. The summed E-state index contributed by atoms with van der Waals surface area (Å²) in [5.41, 5.74) is 9.55. The van der Waals surface area contributed by atoms with Gasteiger partial charge in [0.15, 0.2) is 0 Å². The Morgan fingerprint density at radius 1 is 0.471 bits per heavy atom. The fourth-order valence-corrected chi connectivity index (χ4v) is 4.83. The van der Waals surface area contributed by atoms with Crippen LogP contribution in [0.3, 0.4) is 0 Å². The molecule has 0 amide bonds. The molecule has 0 fully saturated rings. The third-order valence-corrected chi connectivity index (χ3v) is 6.40. The number of fused-ring (bicyclic) bond motifs is 1. The standard InChI is InChI=1S/C29H20N4S/c1-3-7-23(8-4-1)33(24-9-5-2-6-10-24)25-13-11-21(12-14-25)26-15-16-27(22-17-19-30-20-18-22)29-28(26)31-34-32-29/h1-20H. The van der Waals surface area contributed by atoms with Crippen LogP contribution < -0.4 is 4.90 Å². The maximum atomic E-state index is 4.64. The van der Waals surface area contributed by atoms with Gasteiger partial charge in [-0.3, -0.25) is 4.98 Å².